The van der Waals surface area contributed by atoms with Crippen LogP contribution >= 0.6 is 0 Å². The standard InChI is InChI=1S/C9H13FN2O4S/c1-16-6-8(13)4-12-17(14,15)9-2-7(10)3-11-5-9/h2-3,5,8,12-13H,4,6H2,1H3. The summed E-state index contributed by atoms with van der Waals surface area (Å²) in [6.07, 6.45) is 0.962. The summed E-state index contributed by atoms with van der Waals surface area (Å²) in [6, 6.07) is 0.845. The highest BCUT2D eigenvalue weighted by molar-refractivity contribution is 7.89. The molecule has 1 aromatic heterocycles. The molecule has 17 heavy (non-hydrogen) atoms. The minimum Gasteiger partial charge on any atom is -0.389 e. The molecule has 0 fully saturated rings. The summed E-state index contributed by atoms with van der Waals surface area (Å²) in [7, 11) is -2.48. The molecule has 0 aliphatic carbocycles. The Morgan fingerprint density at radius 3 is 2.88 bits per heavy atom. The summed E-state index contributed by atoms with van der Waals surface area (Å²) in [5.74, 6) is -0.745. The second kappa shape index (κ2) is 6.01. The van der Waals surface area contributed by atoms with Gasteiger partial charge in [0.25, 0.3) is 0 Å². The lowest BCUT2D eigenvalue weighted by molar-refractivity contribution is 0.0679. The maximum absolute atomic E-state index is 12.8. The van der Waals surface area contributed by atoms with Gasteiger partial charge >= 0.3 is 0 Å². The first kappa shape index (κ1) is 14.0. The lowest BCUT2D eigenvalue weighted by Crippen LogP contribution is -2.34. The Morgan fingerprint density at radius 1 is 1.59 bits per heavy atom. The molecule has 1 unspecified atom stereocenters. The number of halogens is 1. The fourth-order valence-corrected chi connectivity index (χ4v) is 2.13. The van der Waals surface area contributed by atoms with Crippen molar-refractivity contribution in [3.63, 3.8) is 0 Å². The van der Waals surface area contributed by atoms with E-state index < -0.39 is 21.9 Å². The van der Waals surface area contributed by atoms with Gasteiger partial charge < -0.3 is 9.84 Å². The van der Waals surface area contributed by atoms with E-state index in [-0.39, 0.29) is 18.0 Å². The van der Waals surface area contributed by atoms with E-state index in [2.05, 4.69) is 14.4 Å². The molecule has 6 nitrogen and oxygen atoms in total. The van der Waals surface area contributed by atoms with Gasteiger partial charge in [0.15, 0.2) is 0 Å². The number of methoxy groups -OCH3 is 1. The molecule has 2 N–H and O–H groups in total. The second-order valence-electron chi connectivity index (χ2n) is 3.30. The van der Waals surface area contributed by atoms with Crippen molar-refractivity contribution in [3.05, 3.63) is 24.3 Å². The quantitative estimate of drug-likeness (QED) is 0.723. The first-order chi connectivity index (χ1) is 7.95. The Hall–Kier alpha value is -1.09. The van der Waals surface area contributed by atoms with Crippen LogP contribution in [0.2, 0.25) is 0 Å². The molecule has 1 rings (SSSR count). The molecule has 0 amide bonds. The highest BCUT2D eigenvalue weighted by atomic mass is 32.2. The molecular weight excluding hydrogens is 251 g/mol. The number of aliphatic hydroxyl groups is 1. The van der Waals surface area contributed by atoms with Gasteiger partial charge in [-0.25, -0.2) is 17.5 Å². The van der Waals surface area contributed by atoms with Crippen LogP contribution in [-0.4, -0.2) is 44.9 Å². The van der Waals surface area contributed by atoms with Crippen LogP contribution in [0.25, 0.3) is 0 Å². The number of aliphatic hydroxyl groups excluding tert-OH is 1. The van der Waals surface area contributed by atoms with Crippen molar-refractivity contribution >= 4 is 10.0 Å². The van der Waals surface area contributed by atoms with Gasteiger partial charge in [-0.05, 0) is 6.07 Å². The number of sulfonamides is 1. The number of nitrogens with one attached hydrogen (secondary N) is 1. The zero-order valence-electron chi connectivity index (χ0n) is 9.13. The molecule has 0 saturated carbocycles. The fourth-order valence-electron chi connectivity index (χ4n) is 1.08. The Kier molecular flexibility index (Phi) is 4.94. The Labute approximate surface area is 98.5 Å². The van der Waals surface area contributed by atoms with Crippen LogP contribution in [-0.2, 0) is 14.8 Å². The zero-order valence-corrected chi connectivity index (χ0v) is 9.95. The minimum absolute atomic E-state index is 0.00389. The van der Waals surface area contributed by atoms with Crippen LogP contribution in [0.3, 0.4) is 0 Å². The highest BCUT2D eigenvalue weighted by Gasteiger charge is 2.16. The molecule has 0 aliphatic heterocycles. The molecule has 0 saturated heterocycles. The zero-order chi connectivity index (χ0) is 12.9. The first-order valence-corrected chi connectivity index (χ1v) is 6.21. The van der Waals surface area contributed by atoms with Crippen LogP contribution in [0.5, 0.6) is 0 Å². The second-order valence-corrected chi connectivity index (χ2v) is 5.07. The van der Waals surface area contributed by atoms with E-state index in [1.807, 2.05) is 0 Å². The molecule has 0 aliphatic rings. The third-order valence-corrected chi connectivity index (χ3v) is 3.25. The molecule has 0 radical (unpaired) electrons. The number of nitrogens with zero attached hydrogens (tertiary/aromatic N) is 1. The SMILES string of the molecule is COCC(O)CNS(=O)(=O)c1cncc(F)c1. The van der Waals surface area contributed by atoms with Crippen molar-refractivity contribution in [3.8, 4) is 0 Å². The average molecular weight is 264 g/mol. The van der Waals surface area contributed by atoms with Crippen LogP contribution in [0.1, 0.15) is 0 Å². The van der Waals surface area contributed by atoms with E-state index in [1.165, 1.54) is 7.11 Å². The first-order valence-electron chi connectivity index (χ1n) is 4.73. The summed E-state index contributed by atoms with van der Waals surface area (Å²) in [5.41, 5.74) is 0. The predicted octanol–water partition coefficient (Wildman–Crippen LogP) is -0.494. The van der Waals surface area contributed by atoms with Gasteiger partial charge in [-0.15, -0.1) is 0 Å². The summed E-state index contributed by atoms with van der Waals surface area (Å²) in [6.45, 7) is -0.212. The lowest BCUT2D eigenvalue weighted by atomic mass is 10.4. The van der Waals surface area contributed by atoms with Crippen molar-refractivity contribution < 1.29 is 22.7 Å². The molecule has 0 aromatic carbocycles. The number of hydrogen-bond acceptors (Lipinski definition) is 5. The number of rotatable bonds is 6. The van der Waals surface area contributed by atoms with Crippen LogP contribution < -0.4 is 4.72 Å². The van der Waals surface area contributed by atoms with Gasteiger partial charge in [-0.2, -0.15) is 0 Å². The average Bonchev–Trinajstić information content (AvgIpc) is 2.27. The molecule has 8 heteroatoms. The van der Waals surface area contributed by atoms with Crippen LogP contribution in [0.4, 0.5) is 4.39 Å². The topological polar surface area (TPSA) is 88.5 Å². The summed E-state index contributed by atoms with van der Waals surface area (Å²) < 4.78 is 42.8. The number of hydrogen-bond donors (Lipinski definition) is 2. The third kappa shape index (κ3) is 4.35. The molecule has 96 valence electrons. The largest absolute Gasteiger partial charge is 0.389 e. The predicted molar refractivity (Wildman–Crippen MR) is 57.3 cm³/mol. The van der Waals surface area contributed by atoms with Gasteiger partial charge in [0, 0.05) is 19.9 Å². The van der Waals surface area contributed by atoms with Crippen molar-refractivity contribution in [1.82, 2.24) is 9.71 Å². The lowest BCUT2D eigenvalue weighted by Gasteiger charge is -2.11. The highest BCUT2D eigenvalue weighted by Crippen LogP contribution is 2.08. The van der Waals surface area contributed by atoms with Crippen molar-refractivity contribution in [2.24, 2.45) is 0 Å². The van der Waals surface area contributed by atoms with E-state index in [9.17, 15) is 17.9 Å². The summed E-state index contributed by atoms with van der Waals surface area (Å²) in [5, 5.41) is 9.27. The Balaban J connectivity index is 2.69. The van der Waals surface area contributed by atoms with Crippen molar-refractivity contribution in [1.29, 1.82) is 0 Å². The normalized spacial score (nSPS) is 13.6. The number of aromatic nitrogens is 1. The van der Waals surface area contributed by atoms with Crippen LogP contribution in [0, 0.1) is 5.82 Å². The van der Waals surface area contributed by atoms with E-state index in [4.69, 9.17) is 0 Å². The molecule has 0 bridgehead atoms. The fraction of sp³-hybridized carbons (Fsp3) is 0.444. The van der Waals surface area contributed by atoms with E-state index >= 15 is 0 Å². The summed E-state index contributed by atoms with van der Waals surface area (Å²) >= 11 is 0. The van der Waals surface area contributed by atoms with Gasteiger partial charge in [-0.3, -0.25) is 4.98 Å². The molecule has 1 heterocycles. The van der Waals surface area contributed by atoms with E-state index in [0.717, 1.165) is 18.5 Å². The van der Waals surface area contributed by atoms with Crippen molar-refractivity contribution in [2.75, 3.05) is 20.3 Å². The Bertz CT molecular complexity index is 466. The Morgan fingerprint density at radius 2 is 2.29 bits per heavy atom. The van der Waals surface area contributed by atoms with E-state index in [1.54, 1.807) is 0 Å². The van der Waals surface area contributed by atoms with E-state index in [0.29, 0.717) is 0 Å². The summed E-state index contributed by atoms with van der Waals surface area (Å²) in [4.78, 5) is 3.14. The number of pyridine rings is 1. The van der Waals surface area contributed by atoms with Crippen molar-refractivity contribution in [2.45, 2.75) is 11.0 Å². The molecule has 0 spiro atoms. The maximum atomic E-state index is 12.8. The van der Waals surface area contributed by atoms with Gasteiger partial charge in [0.2, 0.25) is 10.0 Å². The monoisotopic (exact) mass is 264 g/mol. The maximum Gasteiger partial charge on any atom is 0.242 e. The van der Waals surface area contributed by atoms with Crippen LogP contribution in [0.15, 0.2) is 23.4 Å². The number of ether oxygens (including phenoxy) is 1. The molecule has 1 aromatic rings. The minimum atomic E-state index is -3.86. The molecule has 1 atom stereocenters. The van der Waals surface area contributed by atoms with Gasteiger partial charge in [0.1, 0.15) is 10.7 Å². The third-order valence-electron chi connectivity index (χ3n) is 1.86. The van der Waals surface area contributed by atoms with Gasteiger partial charge in [-0.1, -0.05) is 0 Å². The smallest absolute Gasteiger partial charge is 0.242 e. The van der Waals surface area contributed by atoms with Gasteiger partial charge in [0.05, 0.1) is 18.9 Å². The molecular formula is C9H13FN2O4S.